The third kappa shape index (κ3) is 3.11. The molecule has 0 spiro atoms. The first-order chi connectivity index (χ1) is 13.3. The molecule has 3 rings (SSSR count). The highest BCUT2D eigenvalue weighted by Crippen LogP contribution is 2.32. The number of urea groups is 1. The maximum absolute atomic E-state index is 13.8. The Kier molecular flexibility index (Phi) is 4.92. The van der Waals surface area contributed by atoms with Crippen molar-refractivity contribution in [3.63, 3.8) is 0 Å². The molecule has 1 N–H and O–H groups in total. The van der Waals surface area contributed by atoms with Crippen LogP contribution in [0.3, 0.4) is 0 Å². The summed E-state index contributed by atoms with van der Waals surface area (Å²) in [5, 5.41) is 11.5. The number of ketones is 1. The molecule has 1 heterocycles. The molecule has 2 aromatic carbocycles. The van der Waals surface area contributed by atoms with Gasteiger partial charge in [0.1, 0.15) is 17.2 Å². The molecule has 1 fully saturated rings. The number of amides is 3. The molecule has 28 heavy (non-hydrogen) atoms. The Bertz CT molecular complexity index is 1010. The second-order valence-corrected chi connectivity index (χ2v) is 6.32. The van der Waals surface area contributed by atoms with Gasteiger partial charge in [0.05, 0.1) is 23.7 Å². The molecule has 1 saturated heterocycles. The van der Waals surface area contributed by atoms with Crippen LogP contribution in [0.25, 0.3) is 0 Å². The van der Waals surface area contributed by atoms with E-state index in [1.807, 2.05) is 6.07 Å². The molecule has 0 saturated carbocycles. The molecule has 1 atom stereocenters. The van der Waals surface area contributed by atoms with Gasteiger partial charge >= 0.3 is 6.03 Å². The minimum Gasteiger partial charge on any atom is -0.319 e. The van der Waals surface area contributed by atoms with Gasteiger partial charge in [0.25, 0.3) is 5.91 Å². The number of hydrogen-bond donors (Lipinski definition) is 1. The number of rotatable bonds is 5. The fourth-order valence-electron chi connectivity index (χ4n) is 3.18. The first-order valence-electron chi connectivity index (χ1n) is 8.45. The number of carbonyl (C=O) groups is 3. The smallest absolute Gasteiger partial charge is 0.319 e. The van der Waals surface area contributed by atoms with Crippen molar-refractivity contribution in [3.8, 4) is 6.07 Å². The third-order valence-electron chi connectivity index (χ3n) is 4.75. The molecule has 1 unspecified atom stereocenters. The van der Waals surface area contributed by atoms with E-state index in [9.17, 15) is 23.2 Å². The van der Waals surface area contributed by atoms with Crippen molar-refractivity contribution in [1.82, 2.24) is 10.2 Å². The Labute approximate surface area is 159 Å². The summed E-state index contributed by atoms with van der Waals surface area (Å²) in [6.45, 7) is 1.02. The van der Waals surface area contributed by atoms with Gasteiger partial charge in [-0.2, -0.15) is 5.26 Å². The van der Waals surface area contributed by atoms with E-state index < -0.39 is 47.0 Å². The first kappa shape index (κ1) is 19.2. The zero-order chi connectivity index (χ0) is 20.5. The van der Waals surface area contributed by atoms with Crippen molar-refractivity contribution in [2.24, 2.45) is 0 Å². The molecular weight excluding hydrogens is 368 g/mol. The fourth-order valence-corrected chi connectivity index (χ4v) is 3.18. The maximum atomic E-state index is 13.8. The molecule has 0 aromatic heterocycles. The Morgan fingerprint density at radius 2 is 1.86 bits per heavy atom. The van der Waals surface area contributed by atoms with Crippen LogP contribution in [-0.4, -0.2) is 29.2 Å². The molecule has 0 aliphatic carbocycles. The number of nitrogens with zero attached hydrogens (tertiary/aromatic N) is 2. The van der Waals surface area contributed by atoms with E-state index in [0.717, 1.165) is 12.1 Å². The van der Waals surface area contributed by atoms with Crippen molar-refractivity contribution in [2.75, 3.05) is 6.54 Å². The summed E-state index contributed by atoms with van der Waals surface area (Å²) in [6.07, 6.45) is 0.207. The lowest BCUT2D eigenvalue weighted by Crippen LogP contribution is -2.43. The predicted octanol–water partition coefficient (Wildman–Crippen LogP) is 2.88. The molecule has 6 nitrogen and oxygen atoms in total. The molecule has 0 bridgehead atoms. The van der Waals surface area contributed by atoms with E-state index in [2.05, 4.69) is 5.32 Å². The molecule has 1 aliphatic rings. The van der Waals surface area contributed by atoms with Gasteiger partial charge in [0.15, 0.2) is 5.78 Å². The summed E-state index contributed by atoms with van der Waals surface area (Å²) in [4.78, 5) is 38.5. The van der Waals surface area contributed by atoms with Crippen LogP contribution in [0.5, 0.6) is 0 Å². The second kappa shape index (κ2) is 7.19. The van der Waals surface area contributed by atoms with Gasteiger partial charge < -0.3 is 5.32 Å². The number of hydrogen-bond acceptors (Lipinski definition) is 4. The highest BCUT2D eigenvalue weighted by molar-refractivity contribution is 6.11. The zero-order valence-electron chi connectivity index (χ0n) is 14.8. The standard InChI is InChI=1S/C20H15F2N3O3/c1-2-20(13-5-3-12(10-23)4-6-13)18(27)25(19(28)24-20)11-17(26)15-8-7-14(21)9-16(15)22/h3-9H,2,11H2,1H3,(H,24,28). The van der Waals surface area contributed by atoms with Gasteiger partial charge in [-0.25, -0.2) is 13.6 Å². The molecule has 142 valence electrons. The number of nitriles is 1. The second-order valence-electron chi connectivity index (χ2n) is 6.32. The van der Waals surface area contributed by atoms with Crippen LogP contribution >= 0.6 is 0 Å². The normalized spacial score (nSPS) is 18.7. The average molecular weight is 383 g/mol. The van der Waals surface area contributed by atoms with Crippen LogP contribution in [0.1, 0.15) is 34.8 Å². The minimum atomic E-state index is -1.38. The fraction of sp³-hybridized carbons (Fsp3) is 0.200. The van der Waals surface area contributed by atoms with E-state index in [0.29, 0.717) is 22.1 Å². The van der Waals surface area contributed by atoms with Gasteiger partial charge in [0, 0.05) is 6.07 Å². The minimum absolute atomic E-state index is 0.207. The van der Waals surface area contributed by atoms with Crippen LogP contribution in [0.4, 0.5) is 13.6 Å². The summed E-state index contributed by atoms with van der Waals surface area (Å²) in [5.74, 6) is -3.38. The van der Waals surface area contributed by atoms with Gasteiger partial charge in [-0.05, 0) is 36.2 Å². The van der Waals surface area contributed by atoms with E-state index in [1.165, 1.54) is 12.1 Å². The van der Waals surface area contributed by atoms with Crippen LogP contribution in [0, 0.1) is 23.0 Å². The van der Waals surface area contributed by atoms with E-state index in [1.54, 1.807) is 19.1 Å². The SMILES string of the molecule is CCC1(c2ccc(C#N)cc2)NC(=O)N(CC(=O)c2ccc(F)cc2F)C1=O. The van der Waals surface area contributed by atoms with Crippen molar-refractivity contribution < 1.29 is 23.2 Å². The number of imide groups is 1. The lowest BCUT2D eigenvalue weighted by molar-refractivity contribution is -0.131. The first-order valence-corrected chi connectivity index (χ1v) is 8.45. The van der Waals surface area contributed by atoms with E-state index in [-0.39, 0.29) is 6.42 Å². The van der Waals surface area contributed by atoms with Gasteiger partial charge in [-0.1, -0.05) is 19.1 Å². The molecule has 0 radical (unpaired) electrons. The monoisotopic (exact) mass is 383 g/mol. The quantitative estimate of drug-likeness (QED) is 0.635. The molecule has 8 heteroatoms. The van der Waals surface area contributed by atoms with Crippen molar-refractivity contribution in [2.45, 2.75) is 18.9 Å². The third-order valence-corrected chi connectivity index (χ3v) is 4.75. The Morgan fingerprint density at radius 3 is 2.43 bits per heavy atom. The van der Waals surface area contributed by atoms with Crippen molar-refractivity contribution >= 4 is 17.7 Å². The Hall–Kier alpha value is -3.60. The number of halogens is 2. The number of carbonyl (C=O) groups excluding carboxylic acids is 3. The summed E-state index contributed by atoms with van der Waals surface area (Å²) >= 11 is 0. The number of nitrogens with one attached hydrogen (secondary N) is 1. The van der Waals surface area contributed by atoms with Crippen molar-refractivity contribution in [3.05, 3.63) is 70.8 Å². The molecular formula is C20H15F2N3O3. The molecule has 2 aromatic rings. The van der Waals surface area contributed by atoms with Crippen molar-refractivity contribution in [1.29, 1.82) is 5.26 Å². The number of Topliss-reactive ketones (excluding diaryl/α,β-unsaturated/α-hetero) is 1. The van der Waals surface area contributed by atoms with Crippen LogP contribution in [0.15, 0.2) is 42.5 Å². The maximum Gasteiger partial charge on any atom is 0.325 e. The summed E-state index contributed by atoms with van der Waals surface area (Å²) < 4.78 is 26.9. The summed E-state index contributed by atoms with van der Waals surface area (Å²) in [7, 11) is 0. The highest BCUT2D eigenvalue weighted by atomic mass is 19.1. The van der Waals surface area contributed by atoms with Gasteiger partial charge in [-0.3, -0.25) is 14.5 Å². The Balaban J connectivity index is 1.89. The number of benzene rings is 2. The van der Waals surface area contributed by atoms with E-state index >= 15 is 0 Å². The predicted molar refractivity (Wildman–Crippen MR) is 94.1 cm³/mol. The van der Waals surface area contributed by atoms with E-state index in [4.69, 9.17) is 5.26 Å². The highest BCUT2D eigenvalue weighted by Gasteiger charge is 2.51. The largest absolute Gasteiger partial charge is 0.325 e. The lowest BCUT2D eigenvalue weighted by Gasteiger charge is -2.25. The average Bonchev–Trinajstić information content (AvgIpc) is 2.93. The van der Waals surface area contributed by atoms with Crippen LogP contribution < -0.4 is 5.32 Å². The van der Waals surface area contributed by atoms with Crippen LogP contribution in [-0.2, 0) is 10.3 Å². The molecule has 1 aliphatic heterocycles. The van der Waals surface area contributed by atoms with Crippen LogP contribution in [0.2, 0.25) is 0 Å². The van der Waals surface area contributed by atoms with Gasteiger partial charge in [0.2, 0.25) is 0 Å². The topological polar surface area (TPSA) is 90.3 Å². The lowest BCUT2D eigenvalue weighted by atomic mass is 9.86. The zero-order valence-corrected chi connectivity index (χ0v) is 14.8. The Morgan fingerprint density at radius 1 is 1.18 bits per heavy atom. The summed E-state index contributed by atoms with van der Waals surface area (Å²) in [6, 6.07) is 9.81. The summed E-state index contributed by atoms with van der Waals surface area (Å²) in [5.41, 5.74) is -0.928. The van der Waals surface area contributed by atoms with Gasteiger partial charge in [-0.15, -0.1) is 0 Å². The molecule has 3 amide bonds.